The van der Waals surface area contributed by atoms with E-state index >= 15 is 0 Å². The summed E-state index contributed by atoms with van der Waals surface area (Å²) in [6, 6.07) is 5.41. The molecule has 9 heteroatoms. The first kappa shape index (κ1) is 29.1. The van der Waals surface area contributed by atoms with Gasteiger partial charge in [0.05, 0.1) is 6.04 Å². The third-order valence-electron chi connectivity index (χ3n) is 5.46. The average Bonchev–Trinajstić information content (AvgIpc) is 2.74. The van der Waals surface area contributed by atoms with Crippen LogP contribution in [0.25, 0.3) is 0 Å². The molecule has 0 bridgehead atoms. The number of carboxylic acid groups (broad SMARTS) is 1. The number of hydrogen-bond donors (Lipinski definition) is 5. The highest BCUT2D eigenvalue weighted by Gasteiger charge is 2.32. The van der Waals surface area contributed by atoms with Crippen molar-refractivity contribution in [1.82, 2.24) is 16.0 Å². The van der Waals surface area contributed by atoms with Gasteiger partial charge < -0.3 is 26.8 Å². The van der Waals surface area contributed by atoms with Gasteiger partial charge in [0.1, 0.15) is 18.1 Å². The van der Waals surface area contributed by atoms with Crippen molar-refractivity contribution in [1.29, 1.82) is 0 Å². The van der Waals surface area contributed by atoms with Gasteiger partial charge in [-0.1, -0.05) is 71.9 Å². The molecule has 0 aliphatic carbocycles. The zero-order valence-electron chi connectivity index (χ0n) is 21.0. The second-order valence-electron chi connectivity index (χ2n) is 9.79. The number of hydrogen-bond acceptors (Lipinski definition) is 5. The number of nitrogens with two attached hydrogens (primary N) is 1. The molecule has 190 valence electrons. The summed E-state index contributed by atoms with van der Waals surface area (Å²) in [5.74, 6) is -3.17. The molecule has 1 aromatic carbocycles. The Hall–Kier alpha value is -2.94. The molecule has 0 radical (unpaired) electrons. The maximum Gasteiger partial charge on any atom is 0.326 e. The molecule has 4 unspecified atom stereocenters. The van der Waals surface area contributed by atoms with Crippen LogP contribution in [-0.2, 0) is 25.6 Å². The number of carbonyl (C=O) groups excluding carboxylic acids is 3. The number of carbonyl (C=O) groups is 4. The van der Waals surface area contributed by atoms with Crippen LogP contribution in [0.2, 0.25) is 0 Å². The minimum Gasteiger partial charge on any atom is -0.480 e. The van der Waals surface area contributed by atoms with Crippen molar-refractivity contribution in [2.75, 3.05) is 0 Å². The molecule has 0 saturated heterocycles. The summed E-state index contributed by atoms with van der Waals surface area (Å²) in [7, 11) is 0. The molecule has 0 aliphatic rings. The van der Waals surface area contributed by atoms with Crippen LogP contribution in [0.4, 0.5) is 0 Å². The summed E-state index contributed by atoms with van der Waals surface area (Å²) in [5, 5.41) is 17.3. The number of carboxylic acids is 1. The SMILES string of the molecule is CC(C)CC(N)C(=O)NC(Cc1ccccc1)C(=O)NC(C(=O)NC(C(=O)O)C(C)C)C(C)C. The van der Waals surface area contributed by atoms with Gasteiger partial charge in [0.25, 0.3) is 0 Å². The maximum absolute atomic E-state index is 13.2. The molecule has 3 amide bonds. The van der Waals surface area contributed by atoms with Crippen molar-refractivity contribution < 1.29 is 24.3 Å². The minimum atomic E-state index is -1.15. The second-order valence-corrected chi connectivity index (χ2v) is 9.79. The average molecular weight is 477 g/mol. The second kappa shape index (κ2) is 13.7. The van der Waals surface area contributed by atoms with E-state index in [0.717, 1.165) is 5.56 Å². The normalized spacial score (nSPS) is 14.9. The van der Waals surface area contributed by atoms with Gasteiger partial charge in [0.2, 0.25) is 17.7 Å². The molecule has 0 heterocycles. The predicted molar refractivity (Wildman–Crippen MR) is 131 cm³/mol. The molecule has 0 spiro atoms. The highest BCUT2D eigenvalue weighted by atomic mass is 16.4. The van der Waals surface area contributed by atoms with E-state index in [2.05, 4.69) is 16.0 Å². The van der Waals surface area contributed by atoms with Crippen LogP contribution >= 0.6 is 0 Å². The summed E-state index contributed by atoms with van der Waals surface area (Å²) in [6.07, 6.45) is 0.678. The van der Waals surface area contributed by atoms with Gasteiger partial charge in [-0.2, -0.15) is 0 Å². The monoisotopic (exact) mass is 476 g/mol. The lowest BCUT2D eigenvalue weighted by Crippen LogP contribution is -2.59. The molecule has 0 aromatic heterocycles. The fraction of sp³-hybridized carbons (Fsp3) is 0.600. The third-order valence-corrected chi connectivity index (χ3v) is 5.46. The van der Waals surface area contributed by atoms with E-state index in [9.17, 15) is 24.3 Å². The Kier molecular flexibility index (Phi) is 11.7. The smallest absolute Gasteiger partial charge is 0.326 e. The van der Waals surface area contributed by atoms with E-state index in [1.54, 1.807) is 27.7 Å². The Morgan fingerprint density at radius 3 is 1.79 bits per heavy atom. The molecule has 0 saturated carbocycles. The lowest BCUT2D eigenvalue weighted by Gasteiger charge is -2.28. The van der Waals surface area contributed by atoms with E-state index in [1.807, 2.05) is 44.2 Å². The number of aliphatic carboxylic acids is 1. The lowest BCUT2D eigenvalue weighted by atomic mass is 9.98. The third kappa shape index (κ3) is 9.51. The van der Waals surface area contributed by atoms with Gasteiger partial charge in [-0.15, -0.1) is 0 Å². The molecular formula is C25H40N4O5. The summed E-state index contributed by atoms with van der Waals surface area (Å²) < 4.78 is 0. The molecule has 34 heavy (non-hydrogen) atoms. The van der Waals surface area contributed by atoms with Crippen molar-refractivity contribution in [3.8, 4) is 0 Å². The molecule has 1 aromatic rings. The van der Waals surface area contributed by atoms with E-state index in [4.69, 9.17) is 5.73 Å². The van der Waals surface area contributed by atoms with Crippen LogP contribution in [0.15, 0.2) is 30.3 Å². The van der Waals surface area contributed by atoms with Crippen LogP contribution in [0.5, 0.6) is 0 Å². The zero-order valence-corrected chi connectivity index (χ0v) is 21.0. The highest BCUT2D eigenvalue weighted by molar-refractivity contribution is 5.94. The van der Waals surface area contributed by atoms with E-state index in [1.165, 1.54) is 0 Å². The maximum atomic E-state index is 13.2. The zero-order chi connectivity index (χ0) is 26.0. The van der Waals surface area contributed by atoms with Crippen molar-refractivity contribution in [2.24, 2.45) is 23.5 Å². The van der Waals surface area contributed by atoms with E-state index < -0.39 is 47.9 Å². The van der Waals surface area contributed by atoms with Gasteiger partial charge in [0, 0.05) is 6.42 Å². The van der Waals surface area contributed by atoms with Gasteiger partial charge in [-0.05, 0) is 29.7 Å². The Morgan fingerprint density at radius 1 is 0.794 bits per heavy atom. The molecular weight excluding hydrogens is 436 g/mol. The van der Waals surface area contributed by atoms with Crippen molar-refractivity contribution in [2.45, 2.75) is 78.6 Å². The molecule has 1 rings (SSSR count). The van der Waals surface area contributed by atoms with Crippen molar-refractivity contribution in [3.63, 3.8) is 0 Å². The van der Waals surface area contributed by atoms with Gasteiger partial charge >= 0.3 is 5.97 Å². The quantitative estimate of drug-likeness (QED) is 0.291. The number of rotatable bonds is 13. The molecule has 4 atom stereocenters. The predicted octanol–water partition coefficient (Wildman–Crippen LogP) is 1.45. The Morgan fingerprint density at radius 2 is 1.32 bits per heavy atom. The van der Waals surface area contributed by atoms with Crippen molar-refractivity contribution in [3.05, 3.63) is 35.9 Å². The number of benzene rings is 1. The van der Waals surface area contributed by atoms with Crippen LogP contribution in [0, 0.1) is 17.8 Å². The van der Waals surface area contributed by atoms with Crippen LogP contribution in [0.1, 0.15) is 53.5 Å². The minimum absolute atomic E-state index is 0.208. The fourth-order valence-corrected chi connectivity index (χ4v) is 3.50. The van der Waals surface area contributed by atoms with Crippen molar-refractivity contribution >= 4 is 23.7 Å². The molecule has 0 aliphatic heterocycles. The van der Waals surface area contributed by atoms with Crippen LogP contribution < -0.4 is 21.7 Å². The Balaban J connectivity index is 3.07. The number of amides is 3. The van der Waals surface area contributed by atoms with Gasteiger partial charge in [-0.25, -0.2) is 4.79 Å². The highest BCUT2D eigenvalue weighted by Crippen LogP contribution is 2.10. The Labute approximate surface area is 202 Å². The van der Waals surface area contributed by atoms with Gasteiger partial charge in [0.15, 0.2) is 0 Å². The van der Waals surface area contributed by atoms with Crippen LogP contribution in [0.3, 0.4) is 0 Å². The first-order chi connectivity index (χ1) is 15.8. The fourth-order valence-electron chi connectivity index (χ4n) is 3.50. The lowest BCUT2D eigenvalue weighted by molar-refractivity contribution is -0.143. The molecule has 0 fully saturated rings. The van der Waals surface area contributed by atoms with E-state index in [-0.39, 0.29) is 24.2 Å². The van der Waals surface area contributed by atoms with Crippen LogP contribution in [-0.4, -0.2) is 53.0 Å². The largest absolute Gasteiger partial charge is 0.480 e. The Bertz CT molecular complexity index is 826. The summed E-state index contributed by atoms with van der Waals surface area (Å²) in [5.41, 5.74) is 6.84. The molecule has 9 nitrogen and oxygen atoms in total. The van der Waals surface area contributed by atoms with E-state index in [0.29, 0.717) is 6.42 Å². The summed E-state index contributed by atoms with van der Waals surface area (Å²) in [6.45, 7) is 10.8. The number of nitrogens with one attached hydrogen (secondary N) is 3. The standard InChI is InChI=1S/C25H40N4O5/c1-14(2)12-18(26)22(30)27-19(13-17-10-8-7-9-11-17)23(31)28-20(15(3)4)24(32)29-21(16(5)6)25(33)34/h7-11,14-16,18-21H,12-13,26H2,1-6H3,(H,27,30)(H,28,31)(H,29,32)(H,33,34). The topological polar surface area (TPSA) is 151 Å². The molecule has 6 N–H and O–H groups in total. The first-order valence-electron chi connectivity index (χ1n) is 11.8. The van der Waals surface area contributed by atoms with Gasteiger partial charge in [-0.3, -0.25) is 14.4 Å². The summed E-state index contributed by atoms with van der Waals surface area (Å²) >= 11 is 0. The first-order valence-corrected chi connectivity index (χ1v) is 11.8. The summed E-state index contributed by atoms with van der Waals surface area (Å²) in [4.78, 5) is 50.3.